The standard InChI is InChI=1S/C14H15N7OS/c1-3-10(9-21(7-1)13-15-5-2-6-16-13)17-14-19-18-12(23-14)11-4-8-22-20-11/h2,4-6,8,10H,1,3,7,9H2,(H,17,19)/t10-/m1/s1. The van der Waals surface area contributed by atoms with Crippen LogP contribution in [0.25, 0.3) is 10.7 Å². The molecular weight excluding hydrogens is 314 g/mol. The van der Waals surface area contributed by atoms with Crippen molar-refractivity contribution in [3.05, 3.63) is 30.8 Å². The van der Waals surface area contributed by atoms with Gasteiger partial charge in [0.2, 0.25) is 11.1 Å². The highest BCUT2D eigenvalue weighted by Crippen LogP contribution is 2.26. The zero-order chi connectivity index (χ0) is 15.5. The molecule has 0 radical (unpaired) electrons. The molecule has 0 aliphatic carbocycles. The van der Waals surface area contributed by atoms with E-state index >= 15 is 0 Å². The lowest BCUT2D eigenvalue weighted by Gasteiger charge is -2.32. The van der Waals surface area contributed by atoms with E-state index in [2.05, 4.69) is 35.5 Å². The van der Waals surface area contributed by atoms with Crippen molar-refractivity contribution in [1.29, 1.82) is 0 Å². The minimum Gasteiger partial charge on any atom is -0.364 e. The van der Waals surface area contributed by atoms with Crippen molar-refractivity contribution in [3.63, 3.8) is 0 Å². The van der Waals surface area contributed by atoms with E-state index in [1.165, 1.54) is 17.6 Å². The second-order valence-corrected chi connectivity index (χ2v) is 6.25. The van der Waals surface area contributed by atoms with Gasteiger partial charge in [0.1, 0.15) is 12.0 Å². The van der Waals surface area contributed by atoms with E-state index in [1.54, 1.807) is 18.5 Å². The normalized spacial score (nSPS) is 18.1. The number of piperidine rings is 1. The van der Waals surface area contributed by atoms with E-state index < -0.39 is 0 Å². The molecule has 0 unspecified atom stereocenters. The molecule has 0 spiro atoms. The van der Waals surface area contributed by atoms with Crippen molar-refractivity contribution in [1.82, 2.24) is 25.3 Å². The maximum absolute atomic E-state index is 4.84. The second-order valence-electron chi connectivity index (χ2n) is 5.28. The molecule has 3 aromatic rings. The molecule has 9 heteroatoms. The zero-order valence-corrected chi connectivity index (χ0v) is 13.1. The summed E-state index contributed by atoms with van der Waals surface area (Å²) in [6.07, 6.45) is 7.25. The summed E-state index contributed by atoms with van der Waals surface area (Å²) in [5, 5.41) is 17.2. The third-order valence-corrected chi connectivity index (χ3v) is 4.54. The first kappa shape index (κ1) is 14.1. The lowest BCUT2D eigenvalue weighted by Crippen LogP contribution is -2.42. The quantitative estimate of drug-likeness (QED) is 0.777. The minimum absolute atomic E-state index is 0.297. The highest BCUT2D eigenvalue weighted by atomic mass is 32.1. The summed E-state index contributed by atoms with van der Waals surface area (Å²) in [5.41, 5.74) is 0.707. The average Bonchev–Trinajstić information content (AvgIpc) is 3.27. The van der Waals surface area contributed by atoms with E-state index in [1.807, 2.05) is 6.07 Å². The monoisotopic (exact) mass is 329 g/mol. The van der Waals surface area contributed by atoms with Gasteiger partial charge in [0.15, 0.2) is 5.01 Å². The first-order valence-electron chi connectivity index (χ1n) is 7.41. The molecule has 4 heterocycles. The van der Waals surface area contributed by atoms with Crippen molar-refractivity contribution in [2.75, 3.05) is 23.3 Å². The lowest BCUT2D eigenvalue weighted by atomic mass is 10.1. The molecular formula is C14H15N7OS. The van der Waals surface area contributed by atoms with Gasteiger partial charge in [-0.3, -0.25) is 0 Å². The maximum Gasteiger partial charge on any atom is 0.225 e. The van der Waals surface area contributed by atoms with Gasteiger partial charge in [0, 0.05) is 37.6 Å². The Morgan fingerprint density at radius 2 is 2.17 bits per heavy atom. The molecule has 1 fully saturated rings. The molecule has 0 bridgehead atoms. The predicted molar refractivity (Wildman–Crippen MR) is 86.3 cm³/mol. The number of nitrogens with one attached hydrogen (secondary N) is 1. The molecule has 0 saturated carbocycles. The Hall–Kier alpha value is -2.55. The van der Waals surface area contributed by atoms with Crippen LogP contribution in [0.3, 0.4) is 0 Å². The molecule has 4 rings (SSSR count). The van der Waals surface area contributed by atoms with Crippen LogP contribution in [-0.2, 0) is 0 Å². The Bertz CT molecular complexity index is 746. The van der Waals surface area contributed by atoms with Gasteiger partial charge in [-0.05, 0) is 18.9 Å². The fraction of sp³-hybridized carbons (Fsp3) is 0.357. The molecule has 23 heavy (non-hydrogen) atoms. The van der Waals surface area contributed by atoms with Crippen LogP contribution in [0.15, 0.2) is 35.3 Å². The maximum atomic E-state index is 4.84. The summed E-state index contributed by atoms with van der Waals surface area (Å²) in [7, 11) is 0. The van der Waals surface area contributed by atoms with Gasteiger partial charge in [0.25, 0.3) is 0 Å². The molecule has 118 valence electrons. The Labute approximate surface area is 136 Å². The largest absolute Gasteiger partial charge is 0.364 e. The van der Waals surface area contributed by atoms with Crippen molar-refractivity contribution < 1.29 is 4.52 Å². The fourth-order valence-corrected chi connectivity index (χ4v) is 3.40. The van der Waals surface area contributed by atoms with Crippen molar-refractivity contribution >= 4 is 22.4 Å². The number of nitrogens with zero attached hydrogens (tertiary/aromatic N) is 6. The van der Waals surface area contributed by atoms with Crippen LogP contribution in [0.2, 0.25) is 0 Å². The molecule has 1 aliphatic rings. The predicted octanol–water partition coefficient (Wildman–Crippen LogP) is 2.06. The molecule has 3 aromatic heterocycles. The van der Waals surface area contributed by atoms with Gasteiger partial charge in [-0.2, -0.15) is 0 Å². The summed E-state index contributed by atoms with van der Waals surface area (Å²) in [5.74, 6) is 0.777. The van der Waals surface area contributed by atoms with Crippen molar-refractivity contribution in [3.8, 4) is 10.7 Å². The van der Waals surface area contributed by atoms with E-state index in [9.17, 15) is 0 Å². The van der Waals surface area contributed by atoms with Crippen molar-refractivity contribution in [2.45, 2.75) is 18.9 Å². The molecule has 1 atom stereocenters. The van der Waals surface area contributed by atoms with E-state index in [-0.39, 0.29) is 0 Å². The van der Waals surface area contributed by atoms with Gasteiger partial charge < -0.3 is 14.7 Å². The van der Waals surface area contributed by atoms with Crippen LogP contribution in [0.4, 0.5) is 11.1 Å². The van der Waals surface area contributed by atoms with Crippen LogP contribution < -0.4 is 10.2 Å². The van der Waals surface area contributed by atoms with Crippen molar-refractivity contribution in [2.24, 2.45) is 0 Å². The Morgan fingerprint density at radius 1 is 1.26 bits per heavy atom. The van der Waals surface area contributed by atoms with Crippen LogP contribution in [0, 0.1) is 0 Å². The summed E-state index contributed by atoms with van der Waals surface area (Å²) >= 11 is 1.48. The van der Waals surface area contributed by atoms with E-state index in [4.69, 9.17) is 4.52 Å². The lowest BCUT2D eigenvalue weighted by molar-refractivity contribution is 0.422. The molecule has 1 saturated heterocycles. The summed E-state index contributed by atoms with van der Waals surface area (Å²) < 4.78 is 4.84. The minimum atomic E-state index is 0.297. The van der Waals surface area contributed by atoms with Gasteiger partial charge in [0.05, 0.1) is 0 Å². The van der Waals surface area contributed by atoms with Crippen LogP contribution in [0.1, 0.15) is 12.8 Å². The zero-order valence-electron chi connectivity index (χ0n) is 12.3. The van der Waals surface area contributed by atoms with Gasteiger partial charge in [-0.25, -0.2) is 9.97 Å². The molecule has 1 aliphatic heterocycles. The number of hydrogen-bond donors (Lipinski definition) is 1. The SMILES string of the molecule is c1cnc(N2CCC[C@@H](Nc3nnc(-c4ccon4)s3)C2)nc1. The topological polar surface area (TPSA) is 92.9 Å². The van der Waals surface area contributed by atoms with Gasteiger partial charge in [-0.1, -0.05) is 16.5 Å². The summed E-state index contributed by atoms with van der Waals surface area (Å²) in [6.45, 7) is 1.82. The number of hydrogen-bond acceptors (Lipinski definition) is 9. The third-order valence-electron chi connectivity index (χ3n) is 3.67. The molecule has 8 nitrogen and oxygen atoms in total. The third kappa shape index (κ3) is 3.14. The van der Waals surface area contributed by atoms with Crippen LogP contribution >= 0.6 is 11.3 Å². The average molecular weight is 329 g/mol. The van der Waals surface area contributed by atoms with Gasteiger partial charge >= 0.3 is 0 Å². The van der Waals surface area contributed by atoms with Gasteiger partial charge in [-0.15, -0.1) is 10.2 Å². The summed E-state index contributed by atoms with van der Waals surface area (Å²) in [4.78, 5) is 10.8. The highest BCUT2D eigenvalue weighted by molar-refractivity contribution is 7.18. The fourth-order valence-electron chi connectivity index (χ4n) is 2.61. The summed E-state index contributed by atoms with van der Waals surface area (Å²) in [6, 6.07) is 3.90. The first-order chi connectivity index (χ1) is 11.4. The molecule has 1 N–H and O–H groups in total. The molecule has 0 aromatic carbocycles. The Morgan fingerprint density at radius 3 is 3.00 bits per heavy atom. The van der Waals surface area contributed by atoms with E-state index in [0.29, 0.717) is 11.7 Å². The second kappa shape index (κ2) is 6.29. The first-order valence-corrected chi connectivity index (χ1v) is 8.23. The smallest absolute Gasteiger partial charge is 0.225 e. The number of rotatable bonds is 4. The molecule has 0 amide bonds. The Balaban J connectivity index is 1.43. The van der Waals surface area contributed by atoms with E-state index in [0.717, 1.165) is 42.0 Å². The number of anilines is 2. The van der Waals surface area contributed by atoms with Crippen LogP contribution in [-0.4, -0.2) is 44.5 Å². The Kier molecular flexibility index (Phi) is 3.85. The van der Waals surface area contributed by atoms with Crippen LogP contribution in [0.5, 0.6) is 0 Å². The highest BCUT2D eigenvalue weighted by Gasteiger charge is 2.22. The number of aromatic nitrogens is 5.